The molecular formula is C20H16NNaO3S. The van der Waals surface area contributed by atoms with Crippen LogP contribution in [0, 0.1) is 0 Å². The van der Waals surface area contributed by atoms with Gasteiger partial charge in [-0.15, -0.1) is 0 Å². The van der Waals surface area contributed by atoms with E-state index in [1.165, 1.54) is 18.4 Å². The summed E-state index contributed by atoms with van der Waals surface area (Å²) in [5, 5.41) is 2.22. The van der Waals surface area contributed by atoms with E-state index < -0.39 is 10.1 Å². The van der Waals surface area contributed by atoms with Crippen LogP contribution in [0.1, 0.15) is 5.56 Å². The summed E-state index contributed by atoms with van der Waals surface area (Å²) in [6.07, 6.45) is 2.86. The van der Waals surface area contributed by atoms with Crippen LogP contribution in [0.4, 0.5) is 0 Å². The molecule has 1 N–H and O–H groups in total. The molecule has 4 aromatic rings. The van der Waals surface area contributed by atoms with Gasteiger partial charge in [0.15, 0.2) is 0 Å². The molecule has 0 fully saturated rings. The van der Waals surface area contributed by atoms with E-state index in [0.29, 0.717) is 0 Å². The summed E-state index contributed by atoms with van der Waals surface area (Å²) in [5.74, 6) is 0. The van der Waals surface area contributed by atoms with Gasteiger partial charge in [-0.05, 0) is 24.3 Å². The molecule has 0 saturated heterocycles. The number of nitrogens with one attached hydrogen (secondary N) is 1. The fourth-order valence-corrected chi connectivity index (χ4v) is 3.66. The molecule has 0 radical (unpaired) electrons. The Kier molecular flexibility index (Phi) is 5.53. The average molecular weight is 373 g/mol. The summed E-state index contributed by atoms with van der Waals surface area (Å²) < 4.78 is 29.3. The summed E-state index contributed by atoms with van der Waals surface area (Å²) in [6.45, 7) is 0. The van der Waals surface area contributed by atoms with Crippen molar-refractivity contribution in [2.24, 2.45) is 0 Å². The van der Waals surface area contributed by atoms with Gasteiger partial charge in [-0.25, -0.2) is 0 Å². The molecule has 0 aliphatic rings. The number of para-hydroxylation sites is 2. The zero-order chi connectivity index (χ0) is 17.3. The van der Waals surface area contributed by atoms with Gasteiger partial charge >= 0.3 is 39.7 Å². The van der Waals surface area contributed by atoms with E-state index in [4.69, 9.17) is 4.18 Å². The van der Waals surface area contributed by atoms with Crippen molar-refractivity contribution in [3.05, 3.63) is 84.6 Å². The zero-order valence-corrected chi connectivity index (χ0v) is 14.0. The van der Waals surface area contributed by atoms with Crippen LogP contribution in [0.3, 0.4) is 0 Å². The van der Waals surface area contributed by atoms with Gasteiger partial charge < -0.3 is 9.17 Å². The first-order valence-corrected chi connectivity index (χ1v) is 9.20. The van der Waals surface area contributed by atoms with Gasteiger partial charge in [-0.1, -0.05) is 54.6 Å². The standard InChI is InChI=1S/C20H15NO3S.Na.H/c22-25(23,16-8-2-1-3-9-16)24-14-13-15-7-6-11-18-17-10-4-5-12-19(17)21-20(15)18;;/h1-14,21H;;. The third kappa shape index (κ3) is 3.57. The van der Waals surface area contributed by atoms with Crippen molar-refractivity contribution in [2.45, 2.75) is 4.90 Å². The quantitative estimate of drug-likeness (QED) is 0.334. The minimum atomic E-state index is -3.81. The first-order valence-electron chi connectivity index (χ1n) is 7.79. The fourth-order valence-electron chi connectivity index (χ4n) is 2.85. The molecule has 126 valence electrons. The van der Waals surface area contributed by atoms with Gasteiger partial charge in [0.1, 0.15) is 11.2 Å². The van der Waals surface area contributed by atoms with Crippen molar-refractivity contribution in [2.75, 3.05) is 0 Å². The first kappa shape index (κ1) is 18.7. The average Bonchev–Trinajstić information content (AvgIpc) is 3.02. The summed E-state index contributed by atoms with van der Waals surface area (Å²) in [4.78, 5) is 3.50. The van der Waals surface area contributed by atoms with Crippen molar-refractivity contribution >= 4 is 67.6 Å². The number of hydrogen-bond donors (Lipinski definition) is 1. The predicted octanol–water partition coefficient (Wildman–Crippen LogP) is 4.05. The van der Waals surface area contributed by atoms with E-state index in [-0.39, 0.29) is 34.5 Å². The molecule has 0 unspecified atom stereocenters. The van der Waals surface area contributed by atoms with Crippen molar-refractivity contribution in [1.29, 1.82) is 0 Å². The second kappa shape index (κ2) is 7.68. The number of rotatable bonds is 4. The third-order valence-corrected chi connectivity index (χ3v) is 5.25. The van der Waals surface area contributed by atoms with Crippen LogP contribution < -0.4 is 0 Å². The summed E-state index contributed by atoms with van der Waals surface area (Å²) in [7, 11) is -3.81. The van der Waals surface area contributed by atoms with Gasteiger partial charge in [0.2, 0.25) is 0 Å². The van der Waals surface area contributed by atoms with Gasteiger partial charge in [0.25, 0.3) is 0 Å². The number of benzene rings is 3. The van der Waals surface area contributed by atoms with Gasteiger partial charge in [0.05, 0.1) is 5.52 Å². The molecule has 0 aliphatic carbocycles. The second-order valence-corrected chi connectivity index (χ2v) is 7.18. The van der Waals surface area contributed by atoms with E-state index in [2.05, 4.69) is 11.1 Å². The van der Waals surface area contributed by atoms with Crippen molar-refractivity contribution < 1.29 is 12.6 Å². The molecule has 0 atom stereocenters. The number of H-pyrrole nitrogens is 1. The van der Waals surface area contributed by atoms with E-state index >= 15 is 0 Å². The SMILES string of the molecule is O=S(=O)(OC=Cc1cccc2c1[nH]c1ccccc12)c1ccccc1.[NaH]. The Morgan fingerprint density at radius 1 is 0.808 bits per heavy atom. The van der Waals surface area contributed by atoms with Crippen LogP contribution in [0.2, 0.25) is 0 Å². The Morgan fingerprint density at radius 3 is 2.31 bits per heavy atom. The summed E-state index contributed by atoms with van der Waals surface area (Å²) >= 11 is 0. The molecule has 1 aromatic heterocycles. The van der Waals surface area contributed by atoms with Gasteiger partial charge in [-0.3, -0.25) is 0 Å². The zero-order valence-electron chi connectivity index (χ0n) is 13.2. The molecule has 0 saturated carbocycles. The number of fused-ring (bicyclic) bond motifs is 3. The summed E-state index contributed by atoms with van der Waals surface area (Å²) in [5.41, 5.74) is 2.84. The van der Waals surface area contributed by atoms with E-state index in [1.807, 2.05) is 36.4 Å². The van der Waals surface area contributed by atoms with Crippen LogP contribution in [-0.2, 0) is 14.3 Å². The monoisotopic (exact) mass is 373 g/mol. The van der Waals surface area contributed by atoms with E-state index in [0.717, 1.165) is 27.4 Å². The molecule has 6 heteroatoms. The molecule has 26 heavy (non-hydrogen) atoms. The number of hydrogen-bond acceptors (Lipinski definition) is 3. The molecule has 4 rings (SSSR count). The van der Waals surface area contributed by atoms with Crippen molar-refractivity contribution in [3.63, 3.8) is 0 Å². The Labute approximate surface area is 173 Å². The van der Waals surface area contributed by atoms with Gasteiger partial charge in [0, 0.05) is 21.9 Å². The maximum atomic E-state index is 12.1. The van der Waals surface area contributed by atoms with Crippen LogP contribution in [0.15, 0.2) is 84.0 Å². The normalized spacial score (nSPS) is 11.7. The fraction of sp³-hybridized carbons (Fsp3) is 0. The maximum absolute atomic E-state index is 12.1. The molecule has 0 spiro atoms. The van der Waals surface area contributed by atoms with Crippen molar-refractivity contribution in [1.82, 2.24) is 4.98 Å². The molecular weight excluding hydrogens is 357 g/mol. The molecule has 1 heterocycles. The second-order valence-electron chi connectivity index (χ2n) is 5.61. The molecule has 0 amide bonds. The van der Waals surface area contributed by atoms with E-state index in [1.54, 1.807) is 24.3 Å². The molecule has 3 aromatic carbocycles. The van der Waals surface area contributed by atoms with Crippen LogP contribution in [-0.4, -0.2) is 43.0 Å². The molecule has 0 aliphatic heterocycles. The Bertz CT molecular complexity index is 1180. The predicted molar refractivity (Wildman–Crippen MR) is 107 cm³/mol. The van der Waals surface area contributed by atoms with Crippen LogP contribution >= 0.6 is 0 Å². The third-order valence-electron chi connectivity index (χ3n) is 4.04. The molecule has 0 bridgehead atoms. The number of aromatic amines is 1. The number of aromatic nitrogens is 1. The van der Waals surface area contributed by atoms with Crippen LogP contribution in [0.5, 0.6) is 0 Å². The Hall–Kier alpha value is -2.05. The molecule has 4 nitrogen and oxygen atoms in total. The van der Waals surface area contributed by atoms with E-state index in [9.17, 15) is 8.42 Å². The Balaban J connectivity index is 0.00000196. The van der Waals surface area contributed by atoms with Crippen LogP contribution in [0.25, 0.3) is 27.9 Å². The minimum absolute atomic E-state index is 0. The van der Waals surface area contributed by atoms with Crippen molar-refractivity contribution in [3.8, 4) is 0 Å². The first-order chi connectivity index (χ1) is 12.1. The summed E-state index contributed by atoms with van der Waals surface area (Å²) in [6, 6.07) is 22.0. The van der Waals surface area contributed by atoms with Gasteiger partial charge in [-0.2, -0.15) is 8.42 Å². The topological polar surface area (TPSA) is 59.2 Å². The Morgan fingerprint density at radius 2 is 1.50 bits per heavy atom.